The van der Waals surface area contributed by atoms with Gasteiger partial charge in [-0.2, -0.15) is 0 Å². The van der Waals surface area contributed by atoms with Crippen LogP contribution in [0.25, 0.3) is 11.1 Å². The predicted molar refractivity (Wildman–Crippen MR) is 104 cm³/mol. The number of hydrogen-bond acceptors (Lipinski definition) is 5. The van der Waals surface area contributed by atoms with Gasteiger partial charge in [-0.1, -0.05) is 41.4 Å². The lowest BCUT2D eigenvalue weighted by Crippen LogP contribution is -2.40. The number of nitrogens with two attached hydrogens (primary N) is 2. The third-order valence-electron chi connectivity index (χ3n) is 3.50. The molecule has 134 valence electrons. The van der Waals surface area contributed by atoms with Crippen molar-refractivity contribution in [1.82, 2.24) is 0 Å². The number of rotatable bonds is 9. The minimum absolute atomic E-state index is 0.345. The molecule has 2 aromatic carbocycles. The molecule has 0 aromatic heterocycles. The molecule has 25 heavy (non-hydrogen) atoms. The molecule has 0 saturated carbocycles. The van der Waals surface area contributed by atoms with Crippen molar-refractivity contribution in [2.75, 3.05) is 33.4 Å². The molecular formula is C17H21BCl2N2O3. The summed E-state index contributed by atoms with van der Waals surface area (Å²) < 4.78 is 17.1. The van der Waals surface area contributed by atoms with E-state index in [-0.39, 0.29) is 0 Å². The van der Waals surface area contributed by atoms with Crippen LogP contribution in [0, 0.1) is 0 Å². The molecule has 0 bridgehead atoms. The zero-order valence-electron chi connectivity index (χ0n) is 14.0. The number of ether oxygens (including phenoxy) is 1. The second-order valence-electron chi connectivity index (χ2n) is 5.20. The summed E-state index contributed by atoms with van der Waals surface area (Å²) in [5.74, 6) is 0.578. The smallest absolute Gasteiger partial charge is 0.496 e. The zero-order chi connectivity index (χ0) is 18.2. The van der Waals surface area contributed by atoms with Crippen molar-refractivity contribution in [1.29, 1.82) is 0 Å². The molecule has 2 aromatic rings. The van der Waals surface area contributed by atoms with Crippen LogP contribution < -0.4 is 21.7 Å². The summed E-state index contributed by atoms with van der Waals surface area (Å²) in [6.07, 6.45) is 0. The lowest BCUT2D eigenvalue weighted by molar-refractivity contribution is 0.216. The molecule has 0 spiro atoms. The molecule has 0 heterocycles. The Morgan fingerprint density at radius 3 is 2.04 bits per heavy atom. The standard InChI is InChI=1S/C17H21BCl2N2O3/c1-23-17-14(18(24-10-8-21)25-11-9-22)6-7-15(20)16(17)12-2-4-13(19)5-3-12/h2-7H,8-11,21-22H2,1H3. The fourth-order valence-electron chi connectivity index (χ4n) is 2.44. The van der Waals surface area contributed by atoms with Gasteiger partial charge in [0.15, 0.2) is 0 Å². The highest BCUT2D eigenvalue weighted by Crippen LogP contribution is 2.36. The van der Waals surface area contributed by atoms with Crippen molar-refractivity contribution in [2.45, 2.75) is 0 Å². The largest absolute Gasteiger partial charge is 0.497 e. The maximum atomic E-state index is 6.43. The first-order valence-corrected chi connectivity index (χ1v) is 8.63. The molecule has 2 rings (SSSR count). The third kappa shape index (κ3) is 5.11. The zero-order valence-corrected chi connectivity index (χ0v) is 15.5. The second kappa shape index (κ2) is 10.0. The quantitative estimate of drug-likeness (QED) is 0.650. The van der Waals surface area contributed by atoms with Crippen molar-refractivity contribution in [2.24, 2.45) is 11.5 Å². The molecule has 0 aliphatic rings. The molecule has 4 N–H and O–H groups in total. The van der Waals surface area contributed by atoms with Crippen LogP contribution in [0.4, 0.5) is 0 Å². The van der Waals surface area contributed by atoms with E-state index in [0.29, 0.717) is 42.1 Å². The molecule has 0 amide bonds. The molecule has 0 saturated heterocycles. The van der Waals surface area contributed by atoms with E-state index in [2.05, 4.69) is 0 Å². The molecule has 0 radical (unpaired) electrons. The third-order valence-corrected chi connectivity index (χ3v) is 4.07. The van der Waals surface area contributed by atoms with Gasteiger partial charge in [0, 0.05) is 42.4 Å². The monoisotopic (exact) mass is 382 g/mol. The molecule has 0 atom stereocenters. The summed E-state index contributed by atoms with van der Waals surface area (Å²) in [6.45, 7) is 1.44. The van der Waals surface area contributed by atoms with Gasteiger partial charge in [0.2, 0.25) is 0 Å². The Labute approximate surface area is 158 Å². The Bertz CT molecular complexity index is 678. The van der Waals surface area contributed by atoms with E-state index in [0.717, 1.165) is 16.6 Å². The van der Waals surface area contributed by atoms with Crippen LogP contribution in [0.1, 0.15) is 0 Å². The highest BCUT2D eigenvalue weighted by molar-refractivity contribution is 6.62. The summed E-state index contributed by atoms with van der Waals surface area (Å²) in [7, 11) is 0.933. The Morgan fingerprint density at radius 1 is 0.920 bits per heavy atom. The summed E-state index contributed by atoms with van der Waals surface area (Å²) in [6, 6.07) is 11.0. The van der Waals surface area contributed by atoms with Crippen molar-refractivity contribution in [3.8, 4) is 16.9 Å². The number of benzene rings is 2. The van der Waals surface area contributed by atoms with Crippen molar-refractivity contribution in [3.63, 3.8) is 0 Å². The van der Waals surface area contributed by atoms with Crippen LogP contribution in [-0.4, -0.2) is 40.5 Å². The van der Waals surface area contributed by atoms with Gasteiger partial charge in [0.25, 0.3) is 0 Å². The summed E-state index contributed by atoms with van der Waals surface area (Å²) >= 11 is 12.4. The Hall–Kier alpha value is -1.28. The molecule has 0 unspecified atom stereocenters. The molecule has 0 fully saturated rings. The van der Waals surface area contributed by atoms with Crippen molar-refractivity contribution < 1.29 is 14.0 Å². The first-order chi connectivity index (χ1) is 12.1. The topological polar surface area (TPSA) is 79.7 Å². The fourth-order valence-corrected chi connectivity index (χ4v) is 2.83. The second-order valence-corrected chi connectivity index (χ2v) is 6.05. The van der Waals surface area contributed by atoms with Crippen LogP contribution in [0.15, 0.2) is 36.4 Å². The van der Waals surface area contributed by atoms with Gasteiger partial charge in [0.1, 0.15) is 5.75 Å². The normalized spacial score (nSPS) is 10.8. The van der Waals surface area contributed by atoms with Gasteiger partial charge in [-0.3, -0.25) is 0 Å². The van der Waals surface area contributed by atoms with Crippen molar-refractivity contribution in [3.05, 3.63) is 46.4 Å². The summed E-state index contributed by atoms with van der Waals surface area (Å²) in [5, 5.41) is 1.20. The number of methoxy groups -OCH3 is 1. The molecule has 5 nitrogen and oxygen atoms in total. The number of halogens is 2. The summed E-state index contributed by atoms with van der Waals surface area (Å²) in [5.41, 5.74) is 13.4. The van der Waals surface area contributed by atoms with Gasteiger partial charge in [-0.15, -0.1) is 0 Å². The molecule has 0 aliphatic heterocycles. The van der Waals surface area contributed by atoms with Gasteiger partial charge < -0.3 is 25.5 Å². The van der Waals surface area contributed by atoms with E-state index in [1.807, 2.05) is 18.2 Å². The van der Waals surface area contributed by atoms with Crippen molar-refractivity contribution >= 4 is 35.8 Å². The van der Waals surface area contributed by atoms with Crippen LogP contribution in [-0.2, 0) is 9.31 Å². The van der Waals surface area contributed by atoms with Crippen LogP contribution in [0.5, 0.6) is 5.75 Å². The average Bonchev–Trinajstić information content (AvgIpc) is 2.63. The van der Waals surface area contributed by atoms with E-state index in [1.54, 1.807) is 25.3 Å². The molecule has 8 heteroatoms. The van der Waals surface area contributed by atoms with Crippen LogP contribution in [0.2, 0.25) is 10.0 Å². The van der Waals surface area contributed by atoms with E-state index >= 15 is 0 Å². The number of hydrogen-bond donors (Lipinski definition) is 2. The van der Waals surface area contributed by atoms with Crippen LogP contribution >= 0.6 is 23.2 Å². The van der Waals surface area contributed by atoms with Gasteiger partial charge in [0.05, 0.1) is 12.1 Å². The first-order valence-electron chi connectivity index (χ1n) is 7.88. The Balaban J connectivity index is 2.50. The average molecular weight is 383 g/mol. The minimum atomic E-state index is -0.648. The molecule has 0 aliphatic carbocycles. The maximum Gasteiger partial charge on any atom is 0.497 e. The SMILES string of the molecule is COc1c(B(OCCN)OCCN)ccc(Cl)c1-c1ccc(Cl)cc1. The summed E-state index contributed by atoms with van der Waals surface area (Å²) in [4.78, 5) is 0. The van der Waals surface area contributed by atoms with E-state index in [1.165, 1.54) is 0 Å². The lowest BCUT2D eigenvalue weighted by Gasteiger charge is -2.20. The van der Waals surface area contributed by atoms with E-state index < -0.39 is 7.12 Å². The Kier molecular flexibility index (Phi) is 8.03. The molecular weight excluding hydrogens is 362 g/mol. The van der Waals surface area contributed by atoms with E-state index in [4.69, 9.17) is 48.7 Å². The highest BCUT2D eigenvalue weighted by Gasteiger charge is 2.28. The van der Waals surface area contributed by atoms with Crippen LogP contribution in [0.3, 0.4) is 0 Å². The maximum absolute atomic E-state index is 6.43. The highest BCUT2D eigenvalue weighted by atomic mass is 35.5. The van der Waals surface area contributed by atoms with Gasteiger partial charge in [-0.25, -0.2) is 0 Å². The Morgan fingerprint density at radius 2 is 1.52 bits per heavy atom. The first kappa shape index (κ1) is 20.0. The van der Waals surface area contributed by atoms with E-state index in [9.17, 15) is 0 Å². The predicted octanol–water partition coefficient (Wildman–Crippen LogP) is 2.31. The van der Waals surface area contributed by atoms with Gasteiger partial charge in [-0.05, 0) is 23.8 Å². The minimum Gasteiger partial charge on any atom is -0.496 e. The fraction of sp³-hybridized carbons (Fsp3) is 0.294. The van der Waals surface area contributed by atoms with Gasteiger partial charge >= 0.3 is 7.12 Å². The lowest BCUT2D eigenvalue weighted by atomic mass is 9.76.